The summed E-state index contributed by atoms with van der Waals surface area (Å²) in [7, 11) is 0. The van der Waals surface area contributed by atoms with E-state index in [9.17, 15) is 0 Å². The Morgan fingerprint density at radius 2 is 1.89 bits per heavy atom. The van der Waals surface area contributed by atoms with Crippen molar-refractivity contribution in [2.75, 3.05) is 6.54 Å². The highest BCUT2D eigenvalue weighted by atomic mass is 35.5. The van der Waals surface area contributed by atoms with Crippen molar-refractivity contribution < 1.29 is 0 Å². The molecule has 0 aromatic heterocycles. The molecule has 2 rings (SSSR count). The maximum absolute atomic E-state index is 6.03. The molecule has 1 aromatic carbocycles. The van der Waals surface area contributed by atoms with Crippen LogP contribution in [0.5, 0.6) is 0 Å². The second-order valence-corrected chi connectivity index (χ2v) is 6.52. The van der Waals surface area contributed by atoms with E-state index in [0.29, 0.717) is 11.3 Å². The standard InChI is InChI=1S/C17H26ClN/c1-3-16(13(2)9-12-19)17(10-4-11-17)14-5-7-15(18)8-6-14/h5-8,13,16H,3-4,9-12,19H2,1-2H3. The van der Waals surface area contributed by atoms with Crippen LogP contribution in [0, 0.1) is 11.8 Å². The van der Waals surface area contributed by atoms with Gasteiger partial charge in [-0.3, -0.25) is 0 Å². The molecular formula is C17H26ClN. The summed E-state index contributed by atoms with van der Waals surface area (Å²) < 4.78 is 0. The van der Waals surface area contributed by atoms with Crippen LogP contribution in [0.2, 0.25) is 5.02 Å². The number of rotatable bonds is 6. The lowest BCUT2D eigenvalue weighted by Gasteiger charge is -2.50. The van der Waals surface area contributed by atoms with Gasteiger partial charge >= 0.3 is 0 Å². The van der Waals surface area contributed by atoms with Crippen LogP contribution in [0.1, 0.15) is 51.5 Å². The first-order valence-electron chi connectivity index (χ1n) is 7.60. The van der Waals surface area contributed by atoms with Crippen molar-refractivity contribution in [3.8, 4) is 0 Å². The Labute approximate surface area is 122 Å². The Morgan fingerprint density at radius 1 is 1.26 bits per heavy atom. The average Bonchev–Trinajstić information content (AvgIpc) is 2.35. The van der Waals surface area contributed by atoms with E-state index in [2.05, 4.69) is 26.0 Å². The minimum atomic E-state index is 0.383. The molecule has 1 aromatic rings. The predicted octanol–water partition coefficient (Wildman–Crippen LogP) is 4.77. The number of hydrogen-bond acceptors (Lipinski definition) is 1. The van der Waals surface area contributed by atoms with E-state index in [1.807, 2.05) is 12.1 Å². The maximum Gasteiger partial charge on any atom is 0.0406 e. The van der Waals surface area contributed by atoms with Gasteiger partial charge in [0.2, 0.25) is 0 Å². The van der Waals surface area contributed by atoms with Crippen LogP contribution < -0.4 is 5.73 Å². The molecule has 2 unspecified atom stereocenters. The Morgan fingerprint density at radius 3 is 2.32 bits per heavy atom. The van der Waals surface area contributed by atoms with Crippen molar-refractivity contribution in [3.05, 3.63) is 34.9 Å². The lowest BCUT2D eigenvalue weighted by molar-refractivity contribution is 0.0938. The van der Waals surface area contributed by atoms with Crippen molar-refractivity contribution in [3.63, 3.8) is 0 Å². The largest absolute Gasteiger partial charge is 0.330 e. The quantitative estimate of drug-likeness (QED) is 0.797. The van der Waals surface area contributed by atoms with Crippen LogP contribution in [0.3, 0.4) is 0 Å². The SMILES string of the molecule is CCC(C(C)CCN)C1(c2ccc(Cl)cc2)CCC1. The third-order valence-electron chi connectivity index (χ3n) is 5.12. The summed E-state index contributed by atoms with van der Waals surface area (Å²) in [4.78, 5) is 0. The van der Waals surface area contributed by atoms with Crippen molar-refractivity contribution >= 4 is 11.6 Å². The van der Waals surface area contributed by atoms with Gasteiger partial charge in [-0.05, 0) is 60.8 Å². The number of benzene rings is 1. The van der Waals surface area contributed by atoms with Crippen LogP contribution in [0.4, 0.5) is 0 Å². The highest BCUT2D eigenvalue weighted by molar-refractivity contribution is 6.30. The molecule has 2 N–H and O–H groups in total. The van der Waals surface area contributed by atoms with Gasteiger partial charge in [-0.2, -0.15) is 0 Å². The van der Waals surface area contributed by atoms with Gasteiger partial charge < -0.3 is 5.73 Å². The molecule has 0 aliphatic heterocycles. The lowest BCUT2D eigenvalue weighted by Crippen LogP contribution is -2.44. The third kappa shape index (κ3) is 2.83. The van der Waals surface area contributed by atoms with Gasteiger partial charge in [0.15, 0.2) is 0 Å². The van der Waals surface area contributed by atoms with E-state index in [0.717, 1.165) is 23.9 Å². The van der Waals surface area contributed by atoms with Crippen LogP contribution in [0.25, 0.3) is 0 Å². The highest BCUT2D eigenvalue weighted by Gasteiger charge is 2.46. The molecule has 0 radical (unpaired) electrons. The van der Waals surface area contributed by atoms with Gasteiger partial charge in [-0.15, -0.1) is 0 Å². The Bertz CT molecular complexity index is 394. The molecule has 2 atom stereocenters. The molecule has 1 aliphatic carbocycles. The molecule has 1 aliphatic rings. The molecule has 1 saturated carbocycles. The fourth-order valence-electron chi connectivity index (χ4n) is 4.01. The zero-order valence-corrected chi connectivity index (χ0v) is 12.9. The zero-order valence-electron chi connectivity index (χ0n) is 12.2. The number of nitrogens with two attached hydrogens (primary N) is 1. The Kier molecular flexibility index (Phi) is 4.92. The summed E-state index contributed by atoms with van der Waals surface area (Å²) in [5.74, 6) is 1.44. The van der Waals surface area contributed by atoms with Gasteiger partial charge in [0.1, 0.15) is 0 Å². The summed E-state index contributed by atoms with van der Waals surface area (Å²) in [6, 6.07) is 8.55. The molecular weight excluding hydrogens is 254 g/mol. The molecule has 2 heteroatoms. The summed E-state index contributed by atoms with van der Waals surface area (Å²) in [6.07, 6.45) is 6.37. The number of halogens is 1. The summed E-state index contributed by atoms with van der Waals surface area (Å²) in [5.41, 5.74) is 7.63. The van der Waals surface area contributed by atoms with E-state index in [-0.39, 0.29) is 0 Å². The van der Waals surface area contributed by atoms with Crippen molar-refractivity contribution in [2.45, 2.75) is 51.4 Å². The number of hydrogen-bond donors (Lipinski definition) is 1. The summed E-state index contributed by atoms with van der Waals surface area (Å²) in [6.45, 7) is 5.50. The maximum atomic E-state index is 6.03. The topological polar surface area (TPSA) is 26.0 Å². The van der Waals surface area contributed by atoms with Gasteiger partial charge in [0, 0.05) is 5.02 Å². The normalized spacial score (nSPS) is 20.6. The van der Waals surface area contributed by atoms with Crippen molar-refractivity contribution in [1.82, 2.24) is 0 Å². The van der Waals surface area contributed by atoms with E-state index in [1.54, 1.807) is 0 Å². The first-order valence-corrected chi connectivity index (χ1v) is 7.98. The van der Waals surface area contributed by atoms with Crippen molar-refractivity contribution in [1.29, 1.82) is 0 Å². The van der Waals surface area contributed by atoms with E-state index in [1.165, 1.54) is 31.2 Å². The van der Waals surface area contributed by atoms with Crippen molar-refractivity contribution in [2.24, 2.45) is 17.6 Å². The van der Waals surface area contributed by atoms with Crippen LogP contribution in [0.15, 0.2) is 24.3 Å². The molecule has 106 valence electrons. The smallest absolute Gasteiger partial charge is 0.0406 e. The fraction of sp³-hybridized carbons (Fsp3) is 0.647. The molecule has 0 spiro atoms. The molecule has 0 saturated heterocycles. The second kappa shape index (κ2) is 6.28. The van der Waals surface area contributed by atoms with Gasteiger partial charge in [-0.25, -0.2) is 0 Å². The first-order chi connectivity index (χ1) is 9.14. The average molecular weight is 280 g/mol. The van der Waals surface area contributed by atoms with E-state index < -0.39 is 0 Å². The minimum Gasteiger partial charge on any atom is -0.330 e. The molecule has 0 bridgehead atoms. The van der Waals surface area contributed by atoms with Crippen LogP contribution in [-0.4, -0.2) is 6.54 Å². The lowest BCUT2D eigenvalue weighted by atomic mass is 9.54. The van der Waals surface area contributed by atoms with Crippen LogP contribution in [-0.2, 0) is 5.41 Å². The van der Waals surface area contributed by atoms with Gasteiger partial charge in [-0.1, -0.05) is 50.4 Å². The molecule has 0 amide bonds. The fourth-order valence-corrected chi connectivity index (χ4v) is 4.14. The monoisotopic (exact) mass is 279 g/mol. The summed E-state index contributed by atoms with van der Waals surface area (Å²) >= 11 is 6.03. The summed E-state index contributed by atoms with van der Waals surface area (Å²) in [5, 5.41) is 0.835. The Hall–Kier alpha value is -0.530. The molecule has 0 heterocycles. The minimum absolute atomic E-state index is 0.383. The van der Waals surface area contributed by atoms with E-state index in [4.69, 9.17) is 17.3 Å². The molecule has 19 heavy (non-hydrogen) atoms. The highest BCUT2D eigenvalue weighted by Crippen LogP contribution is 2.53. The predicted molar refractivity (Wildman–Crippen MR) is 83.6 cm³/mol. The van der Waals surface area contributed by atoms with Gasteiger partial charge in [0.25, 0.3) is 0 Å². The molecule has 1 nitrogen and oxygen atoms in total. The zero-order chi connectivity index (χ0) is 13.9. The molecule has 1 fully saturated rings. The second-order valence-electron chi connectivity index (χ2n) is 6.09. The third-order valence-corrected chi connectivity index (χ3v) is 5.38. The van der Waals surface area contributed by atoms with Crippen LogP contribution >= 0.6 is 11.6 Å². The van der Waals surface area contributed by atoms with Gasteiger partial charge in [0.05, 0.1) is 0 Å². The van der Waals surface area contributed by atoms with E-state index >= 15 is 0 Å². The first kappa shape index (κ1) is 14.9. The Balaban J connectivity index is 2.27.